The second kappa shape index (κ2) is 13.6. The number of carbonyl (C=O) groups excluding carboxylic acids is 2. The van der Waals surface area contributed by atoms with Crippen LogP contribution in [0.5, 0.6) is 0 Å². The fraction of sp³-hybridized carbons (Fsp3) is 0.217. The molecule has 0 unspecified atom stereocenters. The van der Waals surface area contributed by atoms with Gasteiger partial charge in [-0.05, 0) is 36.8 Å². The number of hydrogen-bond donors (Lipinski definition) is 4. The van der Waals surface area contributed by atoms with E-state index >= 15 is 0 Å². The highest BCUT2D eigenvalue weighted by Gasteiger charge is 2.22. The number of carboxylic acids is 2. The highest BCUT2D eigenvalue weighted by atomic mass is 32.1. The summed E-state index contributed by atoms with van der Waals surface area (Å²) < 4.78 is 23.6. The van der Waals surface area contributed by atoms with Crippen LogP contribution in [0.4, 0.5) is 9.39 Å². The van der Waals surface area contributed by atoms with Gasteiger partial charge in [0.15, 0.2) is 0 Å². The van der Waals surface area contributed by atoms with E-state index in [2.05, 4.69) is 10.6 Å². The summed E-state index contributed by atoms with van der Waals surface area (Å²) in [7, 11) is 0. The molecule has 0 saturated heterocycles. The van der Waals surface area contributed by atoms with E-state index in [4.69, 9.17) is 29.0 Å². The lowest BCUT2D eigenvalue weighted by Crippen LogP contribution is -2.22. The van der Waals surface area contributed by atoms with Crippen LogP contribution < -0.4 is 10.6 Å². The largest absolute Gasteiger partial charge is 0.473 e. The Labute approximate surface area is 203 Å². The van der Waals surface area contributed by atoms with E-state index in [1.54, 1.807) is 36.8 Å². The first-order valence-corrected chi connectivity index (χ1v) is 11.1. The van der Waals surface area contributed by atoms with Gasteiger partial charge in [0.25, 0.3) is 0 Å². The van der Waals surface area contributed by atoms with Gasteiger partial charge in [0.05, 0.1) is 19.4 Å². The number of benzene rings is 1. The highest BCUT2D eigenvalue weighted by Crippen LogP contribution is 2.36. The summed E-state index contributed by atoms with van der Waals surface area (Å²) in [6.07, 6.45) is 1.82. The number of carbonyl (C=O) groups is 4. The molecule has 0 saturated carbocycles. The number of carboxylic acid groups (broad SMARTS) is 2. The molecule has 0 fully saturated rings. The first kappa shape index (κ1) is 27.2. The summed E-state index contributed by atoms with van der Waals surface area (Å²) in [6.45, 7) is 2.91. The van der Waals surface area contributed by atoms with E-state index in [1.165, 1.54) is 23.5 Å². The third-order valence-corrected chi connectivity index (χ3v) is 5.17. The van der Waals surface area contributed by atoms with E-state index in [-0.39, 0.29) is 30.3 Å². The van der Waals surface area contributed by atoms with Gasteiger partial charge < -0.3 is 30.0 Å². The smallest absolute Gasteiger partial charge is 0.414 e. The number of furan rings is 1. The van der Waals surface area contributed by atoms with Crippen LogP contribution in [0, 0.1) is 5.82 Å². The Balaban J connectivity index is 0.000000641. The molecule has 3 aromatic rings. The molecule has 186 valence electrons. The Morgan fingerprint density at radius 3 is 2.34 bits per heavy atom. The van der Waals surface area contributed by atoms with Crippen LogP contribution in [-0.2, 0) is 25.7 Å². The number of thiophene rings is 1. The van der Waals surface area contributed by atoms with Crippen molar-refractivity contribution in [3.05, 3.63) is 65.2 Å². The maximum atomic E-state index is 13.2. The summed E-state index contributed by atoms with van der Waals surface area (Å²) in [5.41, 5.74) is 1.55. The van der Waals surface area contributed by atoms with Crippen LogP contribution in [0.15, 0.2) is 52.5 Å². The molecule has 0 radical (unpaired) electrons. The van der Waals surface area contributed by atoms with Crippen molar-refractivity contribution >= 4 is 40.2 Å². The van der Waals surface area contributed by atoms with Crippen molar-refractivity contribution in [1.29, 1.82) is 0 Å². The number of nitrogens with one attached hydrogen (secondary N) is 2. The van der Waals surface area contributed by atoms with Gasteiger partial charge in [-0.1, -0.05) is 12.1 Å². The van der Waals surface area contributed by atoms with Gasteiger partial charge >= 0.3 is 17.9 Å². The average Bonchev–Trinajstić information content (AvgIpc) is 3.48. The number of ether oxygens (including phenoxy) is 1. The van der Waals surface area contributed by atoms with Crippen molar-refractivity contribution < 1.29 is 42.9 Å². The topological polar surface area (TPSA) is 155 Å². The van der Waals surface area contributed by atoms with Gasteiger partial charge in [-0.25, -0.2) is 18.8 Å². The normalized spacial score (nSPS) is 10.1. The molecule has 2 aromatic heterocycles. The first-order chi connectivity index (χ1) is 16.7. The van der Waals surface area contributed by atoms with Crippen molar-refractivity contribution in [2.45, 2.75) is 19.9 Å². The Morgan fingerprint density at radius 2 is 1.77 bits per heavy atom. The summed E-state index contributed by atoms with van der Waals surface area (Å²) in [5.74, 6) is -3.98. The van der Waals surface area contributed by atoms with E-state index in [1.807, 2.05) is 6.07 Å². The third kappa shape index (κ3) is 8.68. The quantitative estimate of drug-likeness (QED) is 0.193. The number of amides is 1. The van der Waals surface area contributed by atoms with Crippen molar-refractivity contribution in [3.63, 3.8) is 0 Å². The zero-order valence-electron chi connectivity index (χ0n) is 18.6. The predicted octanol–water partition coefficient (Wildman–Crippen LogP) is 3.60. The van der Waals surface area contributed by atoms with E-state index in [0.29, 0.717) is 29.2 Å². The Bertz CT molecular complexity index is 1130. The maximum Gasteiger partial charge on any atom is 0.414 e. The second-order valence-corrected chi connectivity index (χ2v) is 7.63. The molecule has 1 amide bonds. The molecule has 35 heavy (non-hydrogen) atoms. The number of anilines is 1. The fourth-order valence-corrected chi connectivity index (χ4v) is 3.69. The zero-order valence-corrected chi connectivity index (χ0v) is 19.4. The molecule has 3 rings (SSSR count). The Hall–Kier alpha value is -4.03. The molecule has 12 heteroatoms. The number of aliphatic carboxylic acids is 2. The Morgan fingerprint density at radius 1 is 1.09 bits per heavy atom. The molecule has 10 nitrogen and oxygen atoms in total. The first-order valence-electron chi connectivity index (χ1n) is 10.3. The fourth-order valence-electron chi connectivity index (χ4n) is 2.71. The lowest BCUT2D eigenvalue weighted by Gasteiger charge is -2.09. The Kier molecular flexibility index (Phi) is 10.6. The third-order valence-electron chi connectivity index (χ3n) is 4.27. The highest BCUT2D eigenvalue weighted by molar-refractivity contribution is 7.15. The lowest BCUT2D eigenvalue weighted by atomic mass is 10.0. The number of rotatable bonds is 9. The monoisotopic (exact) mass is 506 g/mol. The molecule has 0 aliphatic carbocycles. The second-order valence-electron chi connectivity index (χ2n) is 6.75. The summed E-state index contributed by atoms with van der Waals surface area (Å²) >= 11 is 1.23. The molecule has 0 aliphatic heterocycles. The molecule has 0 spiro atoms. The van der Waals surface area contributed by atoms with Crippen molar-refractivity contribution in [1.82, 2.24) is 5.32 Å². The van der Waals surface area contributed by atoms with Crippen LogP contribution in [0.3, 0.4) is 0 Å². The van der Waals surface area contributed by atoms with Gasteiger partial charge in [-0.2, -0.15) is 0 Å². The number of halogens is 1. The van der Waals surface area contributed by atoms with Crippen molar-refractivity contribution in [2.24, 2.45) is 0 Å². The predicted molar refractivity (Wildman–Crippen MR) is 125 cm³/mol. The van der Waals surface area contributed by atoms with Gasteiger partial charge in [-0.15, -0.1) is 11.3 Å². The van der Waals surface area contributed by atoms with E-state index < -0.39 is 17.9 Å². The minimum absolute atomic E-state index is 0.210. The molecule has 0 atom stereocenters. The molecule has 0 aliphatic rings. The van der Waals surface area contributed by atoms with Crippen molar-refractivity contribution in [3.8, 4) is 11.1 Å². The molecule has 0 bridgehead atoms. The number of esters is 1. The zero-order chi connectivity index (χ0) is 25.8. The SMILES string of the molecule is CCOC(=O)c1c(-c2ccc(F)cc2)csc1NC(=O)CCNCc1ccco1.O=C(O)C(=O)O. The van der Waals surface area contributed by atoms with E-state index in [9.17, 15) is 14.0 Å². The van der Waals surface area contributed by atoms with Gasteiger partial charge in [0.1, 0.15) is 22.1 Å². The van der Waals surface area contributed by atoms with Crippen LogP contribution >= 0.6 is 11.3 Å². The van der Waals surface area contributed by atoms with Crippen LogP contribution in [-0.4, -0.2) is 47.2 Å². The standard InChI is InChI=1S/C21H21FN2O4S.C2H2O4/c1-2-27-21(26)19-17(14-5-7-15(22)8-6-14)13-29-20(19)24-18(25)9-10-23-12-16-4-3-11-28-16;3-1(4)2(5)6/h3-8,11,13,23H,2,9-10,12H2,1H3,(H,24,25);(H,3,4)(H,5,6). The number of hydrogen-bond acceptors (Lipinski definition) is 8. The van der Waals surface area contributed by atoms with Crippen LogP contribution in [0.2, 0.25) is 0 Å². The summed E-state index contributed by atoms with van der Waals surface area (Å²) in [4.78, 5) is 43.0. The molecule has 2 heterocycles. The molecule has 1 aromatic carbocycles. The average molecular weight is 507 g/mol. The summed E-state index contributed by atoms with van der Waals surface area (Å²) in [6, 6.07) is 9.47. The molecular formula is C23H23FN2O8S. The van der Waals surface area contributed by atoms with E-state index in [0.717, 1.165) is 5.76 Å². The minimum Gasteiger partial charge on any atom is -0.473 e. The maximum absolute atomic E-state index is 13.2. The molecular weight excluding hydrogens is 483 g/mol. The minimum atomic E-state index is -1.82. The van der Waals surface area contributed by atoms with Gasteiger partial charge in [0, 0.05) is 23.9 Å². The van der Waals surface area contributed by atoms with Crippen molar-refractivity contribution in [2.75, 3.05) is 18.5 Å². The van der Waals surface area contributed by atoms with Crippen LogP contribution in [0.25, 0.3) is 11.1 Å². The lowest BCUT2D eigenvalue weighted by molar-refractivity contribution is -0.159. The van der Waals surface area contributed by atoms with Gasteiger partial charge in [-0.3, -0.25) is 4.79 Å². The molecule has 4 N–H and O–H groups in total. The summed E-state index contributed by atoms with van der Waals surface area (Å²) in [5, 5.41) is 22.9. The van der Waals surface area contributed by atoms with Gasteiger partial charge in [0.2, 0.25) is 5.91 Å². The van der Waals surface area contributed by atoms with Crippen LogP contribution in [0.1, 0.15) is 29.5 Å².